The lowest BCUT2D eigenvalue weighted by Crippen LogP contribution is -2.77. The van der Waals surface area contributed by atoms with Crippen molar-refractivity contribution in [3.63, 3.8) is 0 Å². The number of nitro groups is 1. The van der Waals surface area contributed by atoms with E-state index < -0.39 is 121 Å². The van der Waals surface area contributed by atoms with Crippen LogP contribution in [0.1, 0.15) is 48.5 Å². The number of amides is 2. The molecule has 3 N–H and O–H groups in total. The Bertz CT molecular complexity index is 1590. The summed E-state index contributed by atoms with van der Waals surface area (Å²) in [4.78, 5) is 96.7. The van der Waals surface area contributed by atoms with Crippen LogP contribution in [0.15, 0.2) is 24.3 Å². The third-order valence-corrected chi connectivity index (χ3v) is 7.53. The number of rotatable bonds is 14. The van der Waals surface area contributed by atoms with E-state index in [1.165, 1.54) is 12.1 Å². The van der Waals surface area contributed by atoms with Crippen LogP contribution in [0.4, 0.5) is 5.69 Å². The Kier molecular flexibility index (Phi) is 14.7. The van der Waals surface area contributed by atoms with E-state index in [0.29, 0.717) is 0 Å². The van der Waals surface area contributed by atoms with Gasteiger partial charge in [0.05, 0.1) is 4.92 Å². The van der Waals surface area contributed by atoms with Crippen LogP contribution < -0.4 is 15.4 Å². The topological polar surface area (TPSA) is 290 Å². The minimum atomic E-state index is -2.97. The number of hydrogen-bond acceptors (Lipinski definition) is 19. The summed E-state index contributed by atoms with van der Waals surface area (Å²) < 4.78 is 50.8. The zero-order valence-electron chi connectivity index (χ0n) is 30.2. The molecule has 22 nitrogen and oxygen atoms in total. The van der Waals surface area contributed by atoms with E-state index in [4.69, 9.17) is 42.6 Å². The molecular formula is C32H41N3O19. The predicted octanol–water partition coefficient (Wildman–Crippen LogP) is -0.941. The van der Waals surface area contributed by atoms with Gasteiger partial charge in [0.15, 0.2) is 18.3 Å². The Hall–Kier alpha value is -5.45. The maximum absolute atomic E-state index is 12.7. The average molecular weight is 772 g/mol. The molecule has 0 bridgehead atoms. The lowest BCUT2D eigenvalue weighted by Gasteiger charge is -2.52. The molecular weight excluding hydrogens is 730 g/mol. The summed E-state index contributed by atoms with van der Waals surface area (Å²) in [6.45, 7) is 5.78. The molecule has 0 saturated carbocycles. The zero-order chi connectivity index (χ0) is 40.5. The van der Waals surface area contributed by atoms with E-state index in [-0.39, 0.29) is 11.4 Å². The number of nitrogens with one attached hydrogen (secondary N) is 2. The number of nitro benzene ring substituents is 1. The number of carbonyl (C=O) groups excluding carboxylic acids is 7. The molecule has 2 aliphatic rings. The highest BCUT2D eigenvalue weighted by Crippen LogP contribution is 2.37. The van der Waals surface area contributed by atoms with Gasteiger partial charge >= 0.3 is 29.8 Å². The van der Waals surface area contributed by atoms with Gasteiger partial charge in [0.1, 0.15) is 43.3 Å². The Balaban J connectivity index is 2.26. The van der Waals surface area contributed by atoms with Crippen molar-refractivity contribution in [2.75, 3.05) is 13.2 Å². The van der Waals surface area contributed by atoms with Crippen LogP contribution >= 0.6 is 0 Å². The molecule has 22 heteroatoms. The fraction of sp³-hybridized carbons (Fsp3) is 0.594. The zero-order valence-corrected chi connectivity index (χ0v) is 30.2. The van der Waals surface area contributed by atoms with Gasteiger partial charge in [0.2, 0.25) is 30.1 Å². The first-order valence-electron chi connectivity index (χ1n) is 16.2. The largest absolute Gasteiger partial charge is 0.463 e. The van der Waals surface area contributed by atoms with Crippen molar-refractivity contribution in [3.8, 4) is 5.75 Å². The molecule has 2 amide bonds. The Morgan fingerprint density at radius 1 is 0.741 bits per heavy atom. The number of benzene rings is 1. The van der Waals surface area contributed by atoms with E-state index in [1.54, 1.807) is 0 Å². The molecule has 2 heterocycles. The number of aliphatic hydroxyl groups is 1. The van der Waals surface area contributed by atoms with Crippen molar-refractivity contribution in [3.05, 3.63) is 34.4 Å². The molecule has 3 rings (SSSR count). The standard InChI is InChI=1S/C32H41N3O19/c1-14(36)33-25-28(26(48-18(5)40)23(12-46-16(3)38)52-30(25)51-22-10-8-21(9-11-22)35(44)45)54-31-32(43,34-15(2)37)29(50-20(7)42)27(49-19(6)41)24(53-31)13-47-17(4)39/h8-11,23-31,43H,12-13H2,1-7H3,(H,33,36)(H,34,37)/t23-,24-,25-,26+,27-,28-,29+,30+,31+,32-/m1/s1. The van der Waals surface area contributed by atoms with Crippen molar-refractivity contribution in [1.29, 1.82) is 0 Å². The van der Waals surface area contributed by atoms with Crippen molar-refractivity contribution in [2.45, 2.75) is 109 Å². The highest BCUT2D eigenvalue weighted by Gasteiger charge is 2.63. The number of ether oxygens (including phenoxy) is 9. The van der Waals surface area contributed by atoms with Gasteiger partial charge in [-0.25, -0.2) is 0 Å². The number of carbonyl (C=O) groups is 7. The first-order valence-corrected chi connectivity index (χ1v) is 16.2. The summed E-state index contributed by atoms with van der Waals surface area (Å²) in [5, 5.41) is 28.2. The molecule has 10 atom stereocenters. The molecule has 1 aromatic carbocycles. The van der Waals surface area contributed by atoms with Crippen molar-refractivity contribution < 1.29 is 86.2 Å². The summed E-state index contributed by atoms with van der Waals surface area (Å²) in [5.74, 6) is -6.32. The number of nitrogens with zero attached hydrogens (tertiary/aromatic N) is 1. The molecule has 2 saturated heterocycles. The SMILES string of the molecule is CC(=O)N[C@H]1[C@@H](Oc2ccc([N+](=O)[O-])cc2)O[C@H](COC(C)=O)[C@H](OC(C)=O)[C@@H]1O[C@@H]1O[C@H](COC(C)=O)[C@@H](OC(C)=O)[C@H](OC(C)=O)[C@]1(O)NC(C)=O. The normalized spacial score (nSPS) is 29.0. The van der Waals surface area contributed by atoms with E-state index in [1.807, 2.05) is 0 Å². The number of non-ortho nitro benzene ring substituents is 1. The highest BCUT2D eigenvalue weighted by molar-refractivity contribution is 5.74. The molecule has 0 radical (unpaired) electrons. The summed E-state index contributed by atoms with van der Waals surface area (Å²) in [7, 11) is 0. The number of hydrogen-bond donors (Lipinski definition) is 3. The predicted molar refractivity (Wildman–Crippen MR) is 172 cm³/mol. The Labute approximate surface area is 307 Å². The van der Waals surface area contributed by atoms with Crippen LogP contribution in [-0.4, -0.2) is 126 Å². The maximum atomic E-state index is 12.7. The van der Waals surface area contributed by atoms with E-state index in [0.717, 1.165) is 60.6 Å². The minimum Gasteiger partial charge on any atom is -0.463 e. The summed E-state index contributed by atoms with van der Waals surface area (Å²) in [5.41, 5.74) is -3.26. The van der Waals surface area contributed by atoms with Gasteiger partial charge in [-0.2, -0.15) is 0 Å². The Morgan fingerprint density at radius 2 is 1.26 bits per heavy atom. The van der Waals surface area contributed by atoms with Crippen LogP contribution in [0.25, 0.3) is 0 Å². The molecule has 0 aromatic heterocycles. The monoisotopic (exact) mass is 771 g/mol. The van der Waals surface area contributed by atoms with E-state index >= 15 is 0 Å². The maximum Gasteiger partial charge on any atom is 0.303 e. The van der Waals surface area contributed by atoms with Gasteiger partial charge < -0.3 is 58.4 Å². The van der Waals surface area contributed by atoms with Gasteiger partial charge in [0, 0.05) is 60.6 Å². The van der Waals surface area contributed by atoms with Crippen molar-refractivity contribution >= 4 is 47.3 Å². The fourth-order valence-corrected chi connectivity index (χ4v) is 5.61. The molecule has 2 aliphatic heterocycles. The molecule has 0 spiro atoms. The third-order valence-electron chi connectivity index (χ3n) is 7.53. The van der Waals surface area contributed by atoms with Crippen LogP contribution in [0.5, 0.6) is 5.75 Å². The summed E-state index contributed by atoms with van der Waals surface area (Å²) in [6.07, 6.45) is -14.2. The fourth-order valence-electron chi connectivity index (χ4n) is 5.61. The quantitative estimate of drug-likeness (QED) is 0.0676. The summed E-state index contributed by atoms with van der Waals surface area (Å²) in [6, 6.07) is 3.07. The second kappa shape index (κ2) is 18.5. The summed E-state index contributed by atoms with van der Waals surface area (Å²) >= 11 is 0. The lowest BCUT2D eigenvalue weighted by atomic mass is 9.91. The highest BCUT2D eigenvalue weighted by atomic mass is 16.8. The van der Waals surface area contributed by atoms with Gasteiger partial charge in [-0.05, 0) is 12.1 Å². The van der Waals surface area contributed by atoms with Crippen LogP contribution in [0.3, 0.4) is 0 Å². The second-order valence-corrected chi connectivity index (χ2v) is 12.0. The van der Waals surface area contributed by atoms with Crippen LogP contribution in [-0.2, 0) is 71.5 Å². The Morgan fingerprint density at radius 3 is 1.72 bits per heavy atom. The second-order valence-electron chi connectivity index (χ2n) is 12.0. The van der Waals surface area contributed by atoms with Gasteiger partial charge in [-0.3, -0.25) is 43.7 Å². The first-order chi connectivity index (χ1) is 25.2. The average Bonchev–Trinajstić information content (AvgIpc) is 3.04. The van der Waals surface area contributed by atoms with Crippen LogP contribution in [0.2, 0.25) is 0 Å². The van der Waals surface area contributed by atoms with Gasteiger partial charge in [0.25, 0.3) is 5.69 Å². The molecule has 2 fully saturated rings. The van der Waals surface area contributed by atoms with Crippen LogP contribution in [0, 0.1) is 10.1 Å². The molecule has 0 unspecified atom stereocenters. The number of esters is 5. The minimum absolute atomic E-state index is 0.0406. The van der Waals surface area contributed by atoms with Gasteiger partial charge in [-0.15, -0.1) is 0 Å². The smallest absolute Gasteiger partial charge is 0.303 e. The third kappa shape index (κ3) is 11.5. The van der Waals surface area contributed by atoms with E-state index in [2.05, 4.69) is 10.6 Å². The van der Waals surface area contributed by atoms with Gasteiger partial charge in [-0.1, -0.05) is 0 Å². The van der Waals surface area contributed by atoms with Crippen molar-refractivity contribution in [2.24, 2.45) is 0 Å². The lowest BCUT2D eigenvalue weighted by molar-refractivity contribution is -0.384. The van der Waals surface area contributed by atoms with Crippen molar-refractivity contribution in [1.82, 2.24) is 10.6 Å². The molecule has 1 aromatic rings. The first kappa shape index (κ1) is 43.0. The molecule has 298 valence electrons. The molecule has 54 heavy (non-hydrogen) atoms. The molecule has 0 aliphatic carbocycles. The van der Waals surface area contributed by atoms with E-state index in [9.17, 15) is 48.8 Å².